The highest BCUT2D eigenvalue weighted by molar-refractivity contribution is 5.88. The van der Waals surface area contributed by atoms with Gasteiger partial charge in [-0.15, -0.1) is 0 Å². The first-order chi connectivity index (χ1) is 15.2. The van der Waals surface area contributed by atoms with Crippen LogP contribution in [0.2, 0.25) is 0 Å². The lowest BCUT2D eigenvalue weighted by atomic mass is 9.86. The fraction of sp³-hybridized carbons (Fsp3) is 0.593. The van der Waals surface area contributed by atoms with Gasteiger partial charge in [-0.05, 0) is 87.5 Å². The molecule has 168 valence electrons. The molecule has 1 aliphatic carbocycles. The molecule has 2 aromatic carbocycles. The zero-order valence-electron chi connectivity index (χ0n) is 19.1. The van der Waals surface area contributed by atoms with E-state index in [1.54, 1.807) is 0 Å². The molecule has 31 heavy (non-hydrogen) atoms. The van der Waals surface area contributed by atoms with Gasteiger partial charge in [0.25, 0.3) is 0 Å². The summed E-state index contributed by atoms with van der Waals surface area (Å²) in [6, 6.07) is 13.2. The normalized spacial score (nSPS) is 23.0. The Labute approximate surface area is 186 Å². The highest BCUT2D eigenvalue weighted by Gasteiger charge is 2.26. The number of nitrogens with zero attached hydrogens (tertiary/aromatic N) is 1. The van der Waals surface area contributed by atoms with E-state index in [4.69, 9.17) is 9.47 Å². The van der Waals surface area contributed by atoms with Crippen LogP contribution in [0.1, 0.15) is 64.4 Å². The third kappa shape index (κ3) is 5.60. The Morgan fingerprint density at radius 1 is 1.00 bits per heavy atom. The molecule has 2 fully saturated rings. The number of rotatable bonds is 7. The lowest BCUT2D eigenvalue weighted by molar-refractivity contribution is -0.149. The molecule has 0 aromatic heterocycles. The molecule has 1 heterocycles. The predicted molar refractivity (Wildman–Crippen MR) is 125 cm³/mol. The largest absolute Gasteiger partial charge is 0.490 e. The van der Waals surface area contributed by atoms with E-state index in [1.165, 1.54) is 48.4 Å². The first-order valence-corrected chi connectivity index (χ1v) is 12.2. The van der Waals surface area contributed by atoms with Crippen LogP contribution >= 0.6 is 0 Å². The van der Waals surface area contributed by atoms with Crippen LogP contribution in [0.25, 0.3) is 10.8 Å². The Hall–Kier alpha value is -2.07. The molecule has 0 unspecified atom stereocenters. The molecule has 1 aliphatic heterocycles. The van der Waals surface area contributed by atoms with Crippen LogP contribution in [0.5, 0.6) is 5.75 Å². The zero-order valence-corrected chi connectivity index (χ0v) is 19.1. The van der Waals surface area contributed by atoms with E-state index in [1.807, 2.05) is 6.92 Å². The minimum atomic E-state index is -0.0245. The van der Waals surface area contributed by atoms with Gasteiger partial charge in [-0.2, -0.15) is 0 Å². The van der Waals surface area contributed by atoms with Gasteiger partial charge in [0.2, 0.25) is 0 Å². The molecule has 1 saturated heterocycles. The number of likely N-dealkylation sites (tertiary alicyclic amines) is 1. The van der Waals surface area contributed by atoms with Crippen LogP contribution in [0.3, 0.4) is 0 Å². The maximum absolute atomic E-state index is 12.0. The van der Waals surface area contributed by atoms with Gasteiger partial charge in [0.05, 0.1) is 18.6 Å². The standard InChI is InChI=1S/C27H37NO3/c1-3-20-8-11-24(12-9-20)31-26-7-5-6-23-18-21(10-13-25(23)26)19-28-16-14-22(15-17-28)27(29)30-4-2/h5-7,10,13,18,20,22,24H,3-4,8-9,11-12,14-17,19H2,1-2H3/t20-,24+. The van der Waals surface area contributed by atoms with Gasteiger partial charge in [0.1, 0.15) is 5.75 Å². The van der Waals surface area contributed by atoms with Gasteiger partial charge in [-0.3, -0.25) is 9.69 Å². The quantitative estimate of drug-likeness (QED) is 0.515. The Morgan fingerprint density at radius 3 is 2.48 bits per heavy atom. The Balaban J connectivity index is 1.36. The van der Waals surface area contributed by atoms with Crippen molar-refractivity contribution in [1.82, 2.24) is 4.90 Å². The van der Waals surface area contributed by atoms with E-state index in [2.05, 4.69) is 48.2 Å². The smallest absolute Gasteiger partial charge is 0.309 e. The van der Waals surface area contributed by atoms with Crippen molar-refractivity contribution in [3.8, 4) is 5.75 Å². The van der Waals surface area contributed by atoms with Crippen LogP contribution < -0.4 is 4.74 Å². The van der Waals surface area contributed by atoms with Crippen molar-refractivity contribution in [3.63, 3.8) is 0 Å². The molecule has 1 saturated carbocycles. The number of hydrogen-bond donors (Lipinski definition) is 0. The molecule has 0 N–H and O–H groups in total. The minimum Gasteiger partial charge on any atom is -0.490 e. The summed E-state index contributed by atoms with van der Waals surface area (Å²) < 4.78 is 11.6. The second kappa shape index (κ2) is 10.5. The Kier molecular flexibility index (Phi) is 7.49. The van der Waals surface area contributed by atoms with Gasteiger partial charge in [-0.25, -0.2) is 0 Å². The Morgan fingerprint density at radius 2 is 1.77 bits per heavy atom. The number of carbonyl (C=O) groups excluding carboxylic acids is 1. The zero-order chi connectivity index (χ0) is 21.6. The molecule has 4 rings (SSSR count). The number of benzene rings is 2. The summed E-state index contributed by atoms with van der Waals surface area (Å²) in [5.74, 6) is 1.96. The van der Waals surface area contributed by atoms with Gasteiger partial charge in [0, 0.05) is 11.9 Å². The van der Waals surface area contributed by atoms with E-state index >= 15 is 0 Å². The van der Waals surface area contributed by atoms with Crippen molar-refractivity contribution in [2.75, 3.05) is 19.7 Å². The van der Waals surface area contributed by atoms with Crippen molar-refractivity contribution in [3.05, 3.63) is 42.0 Å². The van der Waals surface area contributed by atoms with Crippen molar-refractivity contribution >= 4 is 16.7 Å². The molecule has 0 radical (unpaired) electrons. The van der Waals surface area contributed by atoms with Gasteiger partial charge >= 0.3 is 5.97 Å². The van der Waals surface area contributed by atoms with Crippen molar-refractivity contribution in [1.29, 1.82) is 0 Å². The van der Waals surface area contributed by atoms with Crippen LogP contribution in [-0.2, 0) is 16.1 Å². The number of fused-ring (bicyclic) bond motifs is 1. The number of piperidine rings is 1. The van der Waals surface area contributed by atoms with Crippen molar-refractivity contribution in [2.45, 2.75) is 71.4 Å². The summed E-state index contributed by atoms with van der Waals surface area (Å²) in [5, 5.41) is 2.46. The maximum Gasteiger partial charge on any atom is 0.309 e. The SMILES string of the molecule is CCOC(=O)C1CCN(Cc2ccc3c(O[C@H]4CC[C@@H](CC)CC4)cccc3c2)CC1. The number of carbonyl (C=O) groups is 1. The molecule has 2 aromatic rings. The molecule has 0 atom stereocenters. The molecule has 2 aliphatic rings. The van der Waals surface area contributed by atoms with Gasteiger partial charge < -0.3 is 9.47 Å². The predicted octanol–water partition coefficient (Wildman–Crippen LogP) is 5.96. The molecular weight excluding hydrogens is 386 g/mol. The van der Waals surface area contributed by atoms with Gasteiger partial charge in [0.15, 0.2) is 0 Å². The topological polar surface area (TPSA) is 38.8 Å². The van der Waals surface area contributed by atoms with Crippen molar-refractivity contribution in [2.24, 2.45) is 11.8 Å². The maximum atomic E-state index is 12.0. The summed E-state index contributed by atoms with van der Waals surface area (Å²) in [7, 11) is 0. The second-order valence-electron chi connectivity index (χ2n) is 9.28. The Bertz CT molecular complexity index is 864. The van der Waals surface area contributed by atoms with E-state index in [0.717, 1.165) is 44.1 Å². The molecular formula is C27H37NO3. The summed E-state index contributed by atoms with van der Waals surface area (Å²) in [6.07, 6.45) is 8.38. The fourth-order valence-corrected chi connectivity index (χ4v) is 5.19. The molecule has 4 nitrogen and oxygen atoms in total. The van der Waals surface area contributed by atoms with Crippen LogP contribution in [-0.4, -0.2) is 36.7 Å². The monoisotopic (exact) mass is 423 g/mol. The highest BCUT2D eigenvalue weighted by atomic mass is 16.5. The third-order valence-corrected chi connectivity index (χ3v) is 7.18. The number of ether oxygens (including phenoxy) is 2. The van der Waals surface area contributed by atoms with Crippen molar-refractivity contribution < 1.29 is 14.3 Å². The molecule has 0 bridgehead atoms. The highest BCUT2D eigenvalue weighted by Crippen LogP contribution is 2.33. The third-order valence-electron chi connectivity index (χ3n) is 7.18. The second-order valence-corrected chi connectivity index (χ2v) is 9.28. The van der Waals surface area contributed by atoms with Crippen LogP contribution in [0.15, 0.2) is 36.4 Å². The minimum absolute atomic E-state index is 0.0245. The average molecular weight is 424 g/mol. The first kappa shape index (κ1) is 22.1. The van der Waals surface area contributed by atoms with E-state index in [0.29, 0.717) is 12.7 Å². The van der Waals surface area contributed by atoms with Crippen LogP contribution in [0.4, 0.5) is 0 Å². The van der Waals surface area contributed by atoms with E-state index in [9.17, 15) is 4.79 Å². The fourth-order valence-electron chi connectivity index (χ4n) is 5.19. The van der Waals surface area contributed by atoms with Gasteiger partial charge in [-0.1, -0.05) is 37.6 Å². The summed E-state index contributed by atoms with van der Waals surface area (Å²) in [6.45, 7) is 7.48. The summed E-state index contributed by atoms with van der Waals surface area (Å²) in [4.78, 5) is 14.4. The molecule has 0 amide bonds. The lowest BCUT2D eigenvalue weighted by Crippen LogP contribution is -2.36. The number of hydrogen-bond acceptors (Lipinski definition) is 4. The van der Waals surface area contributed by atoms with Crippen LogP contribution in [0, 0.1) is 11.8 Å². The molecule has 4 heteroatoms. The number of esters is 1. The molecule has 0 spiro atoms. The van der Waals surface area contributed by atoms with E-state index < -0.39 is 0 Å². The van der Waals surface area contributed by atoms with E-state index in [-0.39, 0.29) is 11.9 Å². The summed E-state index contributed by atoms with van der Waals surface area (Å²) in [5.41, 5.74) is 1.32. The first-order valence-electron chi connectivity index (χ1n) is 12.2. The average Bonchev–Trinajstić information content (AvgIpc) is 2.80. The summed E-state index contributed by atoms with van der Waals surface area (Å²) >= 11 is 0. The lowest BCUT2D eigenvalue weighted by Gasteiger charge is -2.31.